The molecule has 4 nitrogen and oxygen atoms in total. The van der Waals surface area contributed by atoms with Crippen molar-refractivity contribution in [3.05, 3.63) is 96.3 Å². The van der Waals surface area contributed by atoms with Gasteiger partial charge in [0, 0.05) is 17.9 Å². The van der Waals surface area contributed by atoms with Crippen molar-refractivity contribution in [3.63, 3.8) is 0 Å². The summed E-state index contributed by atoms with van der Waals surface area (Å²) in [6, 6.07) is 20.2. The topological polar surface area (TPSA) is 27.7 Å². The maximum Gasteiger partial charge on any atom is 0.788 e. The number of quaternary nitrogens is 1. The minimum Gasteiger partial charge on any atom is -0.501 e. The second kappa shape index (κ2) is 13.5. The van der Waals surface area contributed by atoms with Gasteiger partial charge in [0.05, 0.1) is 21.1 Å². The minimum atomic E-state index is -1.13. The third-order valence-electron chi connectivity index (χ3n) is 5.85. The Labute approximate surface area is 218 Å². The molecule has 0 radical (unpaired) electrons. The summed E-state index contributed by atoms with van der Waals surface area (Å²) in [5.74, 6) is -0.460. The molecule has 0 spiro atoms. The van der Waals surface area contributed by atoms with Crippen LogP contribution in [0.2, 0.25) is 0 Å². The molecular formula is C29H35BF3NO3. The zero-order chi connectivity index (χ0) is 26.7. The van der Waals surface area contributed by atoms with Crippen molar-refractivity contribution >= 4 is 7.32 Å². The van der Waals surface area contributed by atoms with Crippen LogP contribution < -0.4 is 9.31 Å². The summed E-state index contributed by atoms with van der Waals surface area (Å²) in [7, 11) is 5.27. The maximum atomic E-state index is 13.7. The van der Waals surface area contributed by atoms with Crippen molar-refractivity contribution in [2.45, 2.75) is 44.1 Å². The van der Waals surface area contributed by atoms with E-state index < -0.39 is 24.6 Å². The third-order valence-corrected chi connectivity index (χ3v) is 5.85. The molecule has 8 heteroatoms. The number of likely N-dealkylation sites (N-methyl/N-ethyl adjacent to an activating group) is 1. The van der Waals surface area contributed by atoms with Gasteiger partial charge in [0.15, 0.2) is 0 Å². The summed E-state index contributed by atoms with van der Waals surface area (Å²) >= 11 is 0. The molecule has 0 aromatic heterocycles. The summed E-state index contributed by atoms with van der Waals surface area (Å²) in [4.78, 5) is 0. The zero-order valence-electron chi connectivity index (χ0n) is 21.8. The first-order valence-corrected chi connectivity index (χ1v) is 12.6. The van der Waals surface area contributed by atoms with Gasteiger partial charge in [0.25, 0.3) is 0 Å². The van der Waals surface area contributed by atoms with E-state index in [0.29, 0.717) is 11.5 Å². The molecule has 0 bridgehead atoms. The Kier molecular flexibility index (Phi) is 10.5. The number of nitrogens with zero attached hydrogens (tertiary/aromatic N) is 1. The van der Waals surface area contributed by atoms with Crippen molar-refractivity contribution in [2.24, 2.45) is 0 Å². The molecule has 1 fully saturated rings. The lowest BCUT2D eigenvalue weighted by Gasteiger charge is -2.39. The predicted octanol–water partition coefficient (Wildman–Crippen LogP) is 6.85. The second-order valence-corrected chi connectivity index (χ2v) is 10.3. The smallest absolute Gasteiger partial charge is 0.501 e. The molecule has 37 heavy (non-hydrogen) atoms. The summed E-state index contributed by atoms with van der Waals surface area (Å²) in [6.45, 7) is 0.780. The first kappa shape index (κ1) is 28.6. The van der Waals surface area contributed by atoms with Crippen LogP contribution in [0, 0.1) is 23.5 Å². The van der Waals surface area contributed by atoms with E-state index in [4.69, 9.17) is 14.0 Å². The highest BCUT2D eigenvalue weighted by Gasteiger charge is 2.44. The van der Waals surface area contributed by atoms with Crippen LogP contribution in [0.1, 0.15) is 38.5 Å². The van der Waals surface area contributed by atoms with E-state index in [2.05, 4.69) is 27.2 Å². The lowest BCUT2D eigenvalue weighted by molar-refractivity contribution is -0.876. The molecule has 3 aromatic rings. The van der Waals surface area contributed by atoms with Gasteiger partial charge < -0.3 is 18.4 Å². The number of hydrogen-bond donors (Lipinski definition) is 0. The minimum absolute atomic E-state index is 0.234. The number of hydrogen-bond acceptors (Lipinski definition) is 3. The Balaban J connectivity index is 0.000000468. The lowest BCUT2D eigenvalue weighted by Crippen LogP contribution is -2.54. The molecule has 0 atom stereocenters. The highest BCUT2D eigenvalue weighted by atomic mass is 19.1. The van der Waals surface area contributed by atoms with Crippen LogP contribution in [-0.4, -0.2) is 45.1 Å². The Morgan fingerprint density at radius 1 is 0.784 bits per heavy atom. The molecule has 0 saturated heterocycles. The Morgan fingerprint density at radius 2 is 1.32 bits per heavy atom. The highest BCUT2D eigenvalue weighted by molar-refractivity contribution is 6.38. The average Bonchev–Trinajstić information content (AvgIpc) is 3.04. The van der Waals surface area contributed by atoms with Crippen LogP contribution in [0.5, 0.6) is 11.5 Å². The third kappa shape index (κ3) is 10.5. The van der Waals surface area contributed by atoms with Crippen LogP contribution in [0.25, 0.3) is 0 Å². The first-order valence-electron chi connectivity index (χ1n) is 12.6. The Bertz CT molecular complexity index is 1040. The Hall–Kier alpha value is -2.97. The molecule has 0 aliphatic heterocycles. The number of halogens is 3. The molecule has 4 rings (SSSR count). The summed E-state index contributed by atoms with van der Waals surface area (Å²) in [5.41, 5.74) is -0.444. The van der Waals surface area contributed by atoms with Gasteiger partial charge in [0.2, 0.25) is 0 Å². The molecule has 0 unspecified atom stereocenters. The van der Waals surface area contributed by atoms with Gasteiger partial charge in [-0.15, -0.1) is 12.1 Å². The van der Waals surface area contributed by atoms with E-state index in [-0.39, 0.29) is 5.82 Å². The average molecular weight is 513 g/mol. The van der Waals surface area contributed by atoms with Gasteiger partial charge in [0.1, 0.15) is 35.3 Å². The van der Waals surface area contributed by atoms with Gasteiger partial charge in [-0.1, -0.05) is 37.8 Å². The monoisotopic (exact) mass is 513 g/mol. The fraction of sp³-hybridized carbons (Fsp3) is 0.379. The first-order chi connectivity index (χ1) is 17.6. The van der Waals surface area contributed by atoms with Gasteiger partial charge in [-0.2, -0.15) is 18.2 Å². The van der Waals surface area contributed by atoms with Crippen molar-refractivity contribution in [1.82, 2.24) is 0 Å². The van der Waals surface area contributed by atoms with E-state index in [1.54, 1.807) is 36.4 Å². The quantitative estimate of drug-likeness (QED) is 0.143. The largest absolute Gasteiger partial charge is 0.788 e. The number of benzene rings is 3. The van der Waals surface area contributed by atoms with Crippen LogP contribution in [-0.2, 0) is 4.65 Å². The van der Waals surface area contributed by atoms with E-state index in [1.807, 2.05) is 0 Å². The predicted molar refractivity (Wildman–Crippen MR) is 139 cm³/mol. The second-order valence-electron chi connectivity index (χ2n) is 10.3. The molecule has 3 aromatic carbocycles. The van der Waals surface area contributed by atoms with Gasteiger partial charge in [-0.05, 0) is 37.1 Å². The normalized spacial score (nSPS) is 15.1. The molecule has 1 aliphatic carbocycles. The van der Waals surface area contributed by atoms with Crippen LogP contribution >= 0.6 is 0 Å². The summed E-state index contributed by atoms with van der Waals surface area (Å²) in [5, 5.41) is 0. The van der Waals surface area contributed by atoms with Gasteiger partial charge in [-0.25, -0.2) is 8.78 Å². The summed E-state index contributed by atoms with van der Waals surface area (Å²) in [6.07, 6.45) is 6.24. The van der Waals surface area contributed by atoms with Gasteiger partial charge in [-0.3, -0.25) is 4.39 Å². The van der Waals surface area contributed by atoms with Crippen LogP contribution in [0.3, 0.4) is 0 Å². The maximum absolute atomic E-state index is 13.7. The molecule has 198 valence electrons. The SMILES string of the molecule is C[N+](C)(C)CC1(OB(Oc2cccc(F)c2)Oc2cccc(F)c2)CCCCCC1.Fc1c[c-]ccc1. The van der Waals surface area contributed by atoms with Crippen LogP contribution in [0.4, 0.5) is 13.2 Å². The lowest BCUT2D eigenvalue weighted by atomic mass is 9.91. The van der Waals surface area contributed by atoms with E-state index >= 15 is 0 Å². The zero-order valence-corrected chi connectivity index (χ0v) is 21.8. The highest BCUT2D eigenvalue weighted by Crippen LogP contribution is 2.33. The molecule has 0 heterocycles. The van der Waals surface area contributed by atoms with Gasteiger partial charge >= 0.3 is 7.32 Å². The molecule has 0 amide bonds. The molecule has 0 N–H and O–H groups in total. The van der Waals surface area contributed by atoms with E-state index in [1.165, 1.54) is 49.2 Å². The van der Waals surface area contributed by atoms with Crippen molar-refractivity contribution in [3.8, 4) is 11.5 Å². The fourth-order valence-corrected chi connectivity index (χ4v) is 4.50. The van der Waals surface area contributed by atoms with Crippen molar-refractivity contribution < 1.29 is 31.6 Å². The number of rotatable bonds is 8. The van der Waals surface area contributed by atoms with Crippen LogP contribution in [0.15, 0.2) is 72.8 Å². The summed E-state index contributed by atoms with van der Waals surface area (Å²) < 4.78 is 58.3. The van der Waals surface area contributed by atoms with E-state index in [0.717, 1.165) is 36.7 Å². The molecular weight excluding hydrogens is 478 g/mol. The van der Waals surface area contributed by atoms with Crippen molar-refractivity contribution in [2.75, 3.05) is 27.7 Å². The van der Waals surface area contributed by atoms with Crippen molar-refractivity contribution in [1.29, 1.82) is 0 Å². The fourth-order valence-electron chi connectivity index (χ4n) is 4.50. The molecule has 1 aliphatic rings. The van der Waals surface area contributed by atoms with E-state index in [9.17, 15) is 13.2 Å². The standard InChI is InChI=1S/C23H31BF2NO3.C6H4F/c1-27(2,3)18-23(14-6-4-5-7-15-23)30-24(28-21-12-8-10-19(25)16-21)29-22-13-9-11-20(26)17-22;7-6-4-2-1-3-5-6/h8-13,16-17H,4-7,14-15,18H2,1-3H3;1-2,4-5H/q+1;-1. The molecule has 1 saturated carbocycles. The Morgan fingerprint density at radius 3 is 1.73 bits per heavy atom.